The SMILES string of the molecule is COc1cc(C=Nn2cnc3c([nH]c4ccc(Cl)cc43)c2=O)ccc1O. The van der Waals surface area contributed by atoms with Gasteiger partial charge in [-0.05, 0) is 42.0 Å². The van der Waals surface area contributed by atoms with Crippen LogP contribution in [0.1, 0.15) is 5.56 Å². The highest BCUT2D eigenvalue weighted by molar-refractivity contribution is 6.31. The van der Waals surface area contributed by atoms with E-state index < -0.39 is 0 Å². The summed E-state index contributed by atoms with van der Waals surface area (Å²) >= 11 is 6.02. The fourth-order valence-corrected chi connectivity index (χ4v) is 2.88. The van der Waals surface area contributed by atoms with Crippen LogP contribution in [0, 0.1) is 0 Å². The number of phenolic OH excluding ortho intramolecular Hbond substituents is 1. The number of aromatic nitrogens is 3. The second-order valence-corrected chi connectivity index (χ2v) is 6.05. The average molecular weight is 369 g/mol. The lowest BCUT2D eigenvalue weighted by Crippen LogP contribution is -2.17. The van der Waals surface area contributed by atoms with E-state index in [2.05, 4.69) is 15.1 Å². The van der Waals surface area contributed by atoms with Crippen LogP contribution >= 0.6 is 11.6 Å². The van der Waals surface area contributed by atoms with Crippen molar-refractivity contribution in [2.45, 2.75) is 0 Å². The molecule has 0 unspecified atom stereocenters. The summed E-state index contributed by atoms with van der Waals surface area (Å²) in [6.07, 6.45) is 2.84. The molecule has 0 bridgehead atoms. The summed E-state index contributed by atoms with van der Waals surface area (Å²) in [5.74, 6) is 0.351. The zero-order valence-electron chi connectivity index (χ0n) is 13.6. The van der Waals surface area contributed by atoms with Crippen LogP contribution in [0.5, 0.6) is 11.5 Å². The van der Waals surface area contributed by atoms with E-state index in [-0.39, 0.29) is 11.3 Å². The van der Waals surface area contributed by atoms with Gasteiger partial charge in [0.15, 0.2) is 11.5 Å². The molecule has 0 aliphatic heterocycles. The van der Waals surface area contributed by atoms with Crippen molar-refractivity contribution in [2.24, 2.45) is 5.10 Å². The highest BCUT2D eigenvalue weighted by atomic mass is 35.5. The molecule has 0 spiro atoms. The molecule has 4 aromatic rings. The molecule has 4 rings (SSSR count). The minimum Gasteiger partial charge on any atom is -0.504 e. The fourth-order valence-electron chi connectivity index (χ4n) is 2.70. The van der Waals surface area contributed by atoms with Crippen molar-refractivity contribution in [3.8, 4) is 11.5 Å². The van der Waals surface area contributed by atoms with Gasteiger partial charge in [0, 0.05) is 15.9 Å². The Morgan fingerprint density at radius 1 is 1.31 bits per heavy atom. The van der Waals surface area contributed by atoms with E-state index in [4.69, 9.17) is 16.3 Å². The van der Waals surface area contributed by atoms with Gasteiger partial charge in [0.25, 0.3) is 5.56 Å². The summed E-state index contributed by atoms with van der Waals surface area (Å²) in [4.78, 5) is 20.0. The van der Waals surface area contributed by atoms with E-state index in [1.807, 2.05) is 0 Å². The van der Waals surface area contributed by atoms with Gasteiger partial charge in [0.1, 0.15) is 17.4 Å². The predicted molar refractivity (Wildman–Crippen MR) is 101 cm³/mol. The minimum atomic E-state index is -0.329. The van der Waals surface area contributed by atoms with Gasteiger partial charge in [-0.3, -0.25) is 4.79 Å². The highest BCUT2D eigenvalue weighted by Gasteiger charge is 2.11. The van der Waals surface area contributed by atoms with Crippen LogP contribution in [-0.2, 0) is 0 Å². The molecule has 2 aromatic heterocycles. The lowest BCUT2D eigenvalue weighted by Gasteiger charge is -2.03. The van der Waals surface area contributed by atoms with E-state index in [1.165, 1.54) is 25.7 Å². The van der Waals surface area contributed by atoms with Crippen molar-refractivity contribution in [1.82, 2.24) is 14.6 Å². The molecule has 0 aliphatic carbocycles. The molecule has 0 amide bonds. The van der Waals surface area contributed by atoms with Crippen molar-refractivity contribution in [2.75, 3.05) is 7.11 Å². The van der Waals surface area contributed by atoms with Gasteiger partial charge < -0.3 is 14.8 Å². The van der Waals surface area contributed by atoms with E-state index in [0.717, 1.165) is 15.6 Å². The zero-order chi connectivity index (χ0) is 18.3. The van der Waals surface area contributed by atoms with E-state index in [0.29, 0.717) is 27.4 Å². The maximum Gasteiger partial charge on any atom is 0.298 e. The molecule has 7 nitrogen and oxygen atoms in total. The number of aromatic amines is 1. The molecule has 2 heterocycles. The first-order valence-corrected chi connectivity index (χ1v) is 8.04. The van der Waals surface area contributed by atoms with Crippen LogP contribution in [0.3, 0.4) is 0 Å². The summed E-state index contributed by atoms with van der Waals surface area (Å²) in [5, 5.41) is 15.1. The summed E-state index contributed by atoms with van der Waals surface area (Å²) in [5.41, 5.74) is 2.01. The Morgan fingerprint density at radius 2 is 2.15 bits per heavy atom. The van der Waals surface area contributed by atoms with Crippen molar-refractivity contribution in [3.63, 3.8) is 0 Å². The molecular formula is C18H13ClN4O3. The first kappa shape index (κ1) is 16.2. The number of benzene rings is 2. The number of hydrogen-bond donors (Lipinski definition) is 2. The molecule has 0 saturated carbocycles. The maximum atomic E-state index is 12.7. The quantitative estimate of drug-likeness (QED) is 0.543. The van der Waals surface area contributed by atoms with Gasteiger partial charge in [0.2, 0.25) is 0 Å². The Kier molecular flexibility index (Phi) is 3.85. The van der Waals surface area contributed by atoms with Gasteiger partial charge in [-0.15, -0.1) is 0 Å². The molecular weight excluding hydrogens is 356 g/mol. The Hall–Kier alpha value is -3.32. The van der Waals surface area contributed by atoms with Gasteiger partial charge in [-0.1, -0.05) is 11.6 Å². The third-order valence-electron chi connectivity index (χ3n) is 3.99. The monoisotopic (exact) mass is 368 g/mol. The number of hydrogen-bond acceptors (Lipinski definition) is 5. The number of nitrogens with zero attached hydrogens (tertiary/aromatic N) is 3. The Morgan fingerprint density at radius 3 is 2.96 bits per heavy atom. The Balaban J connectivity index is 1.79. The number of methoxy groups -OCH3 is 1. The number of aromatic hydroxyl groups is 1. The second-order valence-electron chi connectivity index (χ2n) is 5.61. The smallest absolute Gasteiger partial charge is 0.298 e. The Bertz CT molecular complexity index is 1230. The topological polar surface area (TPSA) is 92.5 Å². The first-order valence-electron chi connectivity index (χ1n) is 7.67. The molecule has 0 radical (unpaired) electrons. The third-order valence-corrected chi connectivity index (χ3v) is 4.22. The van der Waals surface area contributed by atoms with Crippen LogP contribution in [0.25, 0.3) is 21.9 Å². The summed E-state index contributed by atoms with van der Waals surface area (Å²) in [6, 6.07) is 10.1. The van der Waals surface area contributed by atoms with E-state index in [9.17, 15) is 9.90 Å². The van der Waals surface area contributed by atoms with Crippen molar-refractivity contribution >= 4 is 39.8 Å². The molecule has 0 saturated heterocycles. The minimum absolute atomic E-state index is 0.0293. The summed E-state index contributed by atoms with van der Waals surface area (Å²) in [7, 11) is 1.46. The normalized spacial score (nSPS) is 11.6. The lowest BCUT2D eigenvalue weighted by molar-refractivity contribution is 0.373. The standard InChI is InChI=1S/C18H13ClN4O3/c1-26-15-6-10(2-5-14(15)24)8-21-23-9-20-16-12-7-11(19)3-4-13(12)22-17(16)18(23)25/h2-9,22,24H,1H3. The molecule has 0 fully saturated rings. The molecule has 2 N–H and O–H groups in total. The molecule has 26 heavy (non-hydrogen) atoms. The van der Waals surface area contributed by atoms with Crippen molar-refractivity contribution in [1.29, 1.82) is 0 Å². The first-order chi connectivity index (χ1) is 12.6. The lowest BCUT2D eigenvalue weighted by atomic mass is 10.2. The van der Waals surface area contributed by atoms with Gasteiger partial charge in [-0.2, -0.15) is 9.78 Å². The average Bonchev–Trinajstić information content (AvgIpc) is 3.01. The zero-order valence-corrected chi connectivity index (χ0v) is 14.4. The summed E-state index contributed by atoms with van der Waals surface area (Å²) < 4.78 is 6.19. The molecule has 0 atom stereocenters. The van der Waals surface area contributed by atoms with Crippen molar-refractivity contribution in [3.05, 3.63) is 63.7 Å². The maximum absolute atomic E-state index is 12.7. The van der Waals surface area contributed by atoms with Gasteiger partial charge in [0.05, 0.1) is 13.3 Å². The molecule has 0 aliphatic rings. The predicted octanol–water partition coefficient (Wildman–Crippen LogP) is 3.13. The fraction of sp³-hybridized carbons (Fsp3) is 0.0556. The second kappa shape index (κ2) is 6.20. The van der Waals surface area contributed by atoms with Gasteiger partial charge >= 0.3 is 0 Å². The van der Waals surface area contributed by atoms with E-state index in [1.54, 1.807) is 30.3 Å². The highest BCUT2D eigenvalue weighted by Crippen LogP contribution is 2.26. The van der Waals surface area contributed by atoms with Crippen LogP contribution in [0.4, 0.5) is 0 Å². The van der Waals surface area contributed by atoms with Gasteiger partial charge in [-0.25, -0.2) is 4.98 Å². The van der Waals surface area contributed by atoms with E-state index >= 15 is 0 Å². The number of halogens is 1. The summed E-state index contributed by atoms with van der Waals surface area (Å²) in [6.45, 7) is 0. The van der Waals surface area contributed by atoms with Crippen molar-refractivity contribution < 1.29 is 9.84 Å². The number of ether oxygens (including phenoxy) is 1. The molecule has 8 heteroatoms. The number of phenols is 1. The Labute approximate surface area is 152 Å². The molecule has 130 valence electrons. The number of rotatable bonds is 3. The van der Waals surface area contributed by atoms with Crippen LogP contribution < -0.4 is 10.3 Å². The largest absolute Gasteiger partial charge is 0.504 e. The number of fused-ring (bicyclic) bond motifs is 3. The molecule has 2 aromatic carbocycles. The number of nitrogens with one attached hydrogen (secondary N) is 1. The third kappa shape index (κ3) is 2.68. The van der Waals surface area contributed by atoms with Crippen LogP contribution in [0.15, 0.2) is 52.6 Å². The van der Waals surface area contributed by atoms with Crippen LogP contribution in [-0.4, -0.2) is 33.1 Å². The van der Waals surface area contributed by atoms with Crippen LogP contribution in [0.2, 0.25) is 5.02 Å². The number of H-pyrrole nitrogens is 1.